The maximum atomic E-state index is 12.3. The van der Waals surface area contributed by atoms with Crippen LogP contribution in [-0.2, 0) is 16.6 Å². The van der Waals surface area contributed by atoms with E-state index in [9.17, 15) is 4.79 Å². The van der Waals surface area contributed by atoms with Crippen LogP contribution in [0.25, 0.3) is 22.0 Å². The zero-order valence-corrected chi connectivity index (χ0v) is 15.4. The van der Waals surface area contributed by atoms with Gasteiger partial charge in [0.2, 0.25) is 5.91 Å². The lowest BCUT2D eigenvalue weighted by Gasteiger charge is -2.29. The van der Waals surface area contributed by atoms with Gasteiger partial charge in [0.05, 0.1) is 37.0 Å². The summed E-state index contributed by atoms with van der Waals surface area (Å²) in [7, 11) is 3.91. The second-order valence-electron chi connectivity index (χ2n) is 6.90. The van der Waals surface area contributed by atoms with Gasteiger partial charge in [0.25, 0.3) is 0 Å². The van der Waals surface area contributed by atoms with Crippen molar-refractivity contribution in [2.45, 2.75) is 12.5 Å². The number of carbonyl (C=O) groups excluding carboxylic acids is 1. The van der Waals surface area contributed by atoms with Gasteiger partial charge in [0.15, 0.2) is 0 Å². The zero-order valence-electron chi connectivity index (χ0n) is 15.4. The fourth-order valence-corrected chi connectivity index (χ4v) is 3.22. The number of anilines is 1. The zero-order chi connectivity index (χ0) is 18.8. The van der Waals surface area contributed by atoms with Gasteiger partial charge in [0.1, 0.15) is 5.82 Å². The summed E-state index contributed by atoms with van der Waals surface area (Å²) < 4.78 is 7.41. The second-order valence-corrected chi connectivity index (χ2v) is 6.90. The van der Waals surface area contributed by atoms with Gasteiger partial charge in [-0.25, -0.2) is 4.98 Å². The van der Waals surface area contributed by atoms with Crippen LogP contribution in [0.1, 0.15) is 6.42 Å². The van der Waals surface area contributed by atoms with Crippen molar-refractivity contribution in [3.63, 3.8) is 0 Å². The summed E-state index contributed by atoms with van der Waals surface area (Å²) in [5.74, 6) is 0.417. The summed E-state index contributed by atoms with van der Waals surface area (Å²) in [5.41, 5.74) is 2.74. The van der Waals surface area contributed by atoms with Gasteiger partial charge in [-0.1, -0.05) is 0 Å². The Kier molecular flexibility index (Phi) is 4.83. The van der Waals surface area contributed by atoms with Gasteiger partial charge in [-0.2, -0.15) is 5.10 Å². The van der Waals surface area contributed by atoms with Crippen LogP contribution in [0.4, 0.5) is 5.82 Å². The van der Waals surface area contributed by atoms with E-state index in [0.717, 1.165) is 35.1 Å². The number of ether oxygens (including phenoxy) is 1. The normalized spacial score (nSPS) is 17.9. The van der Waals surface area contributed by atoms with E-state index in [0.29, 0.717) is 18.8 Å². The van der Waals surface area contributed by atoms with Crippen molar-refractivity contribution in [2.75, 3.05) is 32.1 Å². The lowest BCUT2D eigenvalue weighted by atomic mass is 10.1. The minimum absolute atomic E-state index is 0.0805. The molecule has 0 aromatic carbocycles. The fraction of sp³-hybridized carbons (Fsp3) is 0.368. The molecule has 1 amide bonds. The van der Waals surface area contributed by atoms with Crippen molar-refractivity contribution in [3.8, 4) is 11.1 Å². The SMILES string of the molecule is CN1CCOC(CC(=O)Nc2cc3cc(-c4cnn(C)c4)cnc3cn2)C1. The molecule has 8 heteroatoms. The second kappa shape index (κ2) is 7.42. The molecule has 1 N–H and O–H groups in total. The molecule has 3 aromatic rings. The highest BCUT2D eigenvalue weighted by Crippen LogP contribution is 2.23. The van der Waals surface area contributed by atoms with E-state index in [4.69, 9.17) is 4.74 Å². The van der Waals surface area contributed by atoms with Crippen molar-refractivity contribution >= 4 is 22.6 Å². The molecule has 1 saturated heterocycles. The van der Waals surface area contributed by atoms with Gasteiger partial charge in [-0.3, -0.25) is 14.5 Å². The van der Waals surface area contributed by atoms with Gasteiger partial charge < -0.3 is 15.0 Å². The molecule has 1 atom stereocenters. The molecular weight excluding hydrogens is 344 g/mol. The lowest BCUT2D eigenvalue weighted by molar-refractivity contribution is -0.120. The highest BCUT2D eigenvalue weighted by atomic mass is 16.5. The predicted molar refractivity (Wildman–Crippen MR) is 102 cm³/mol. The first-order valence-electron chi connectivity index (χ1n) is 8.91. The topological polar surface area (TPSA) is 85.2 Å². The number of hydrogen-bond donors (Lipinski definition) is 1. The van der Waals surface area contributed by atoms with E-state index >= 15 is 0 Å². The molecule has 8 nitrogen and oxygen atoms in total. The molecule has 0 radical (unpaired) electrons. The van der Waals surface area contributed by atoms with E-state index in [1.54, 1.807) is 23.3 Å². The number of likely N-dealkylation sites (N-methyl/N-ethyl adjacent to an activating group) is 1. The lowest BCUT2D eigenvalue weighted by Crippen LogP contribution is -2.41. The minimum Gasteiger partial charge on any atom is -0.375 e. The van der Waals surface area contributed by atoms with Crippen LogP contribution in [0, 0.1) is 0 Å². The Morgan fingerprint density at radius 3 is 2.89 bits per heavy atom. The Labute approximate surface area is 157 Å². The molecule has 140 valence electrons. The van der Waals surface area contributed by atoms with Crippen LogP contribution < -0.4 is 5.32 Å². The number of rotatable bonds is 4. The van der Waals surface area contributed by atoms with E-state index in [2.05, 4.69) is 25.3 Å². The third-order valence-corrected chi connectivity index (χ3v) is 4.63. The summed E-state index contributed by atoms with van der Waals surface area (Å²) in [6.45, 7) is 2.32. The molecule has 3 aromatic heterocycles. The summed E-state index contributed by atoms with van der Waals surface area (Å²) in [4.78, 5) is 23.3. The van der Waals surface area contributed by atoms with Gasteiger partial charge in [-0.15, -0.1) is 0 Å². The van der Waals surface area contributed by atoms with Crippen LogP contribution in [0.15, 0.2) is 36.9 Å². The standard InChI is InChI=1S/C19H22N6O2/c1-24-3-4-27-16(12-24)7-19(26)23-18-6-13-5-14(8-20-17(13)10-21-18)15-9-22-25(2)11-15/h5-6,8-11,16H,3-4,7,12H2,1-2H3,(H,21,23,26). The average Bonchev–Trinajstić information content (AvgIpc) is 3.07. The molecule has 1 fully saturated rings. The average molecular weight is 366 g/mol. The minimum atomic E-state index is -0.0986. The number of aromatic nitrogens is 4. The number of pyridine rings is 2. The first-order valence-corrected chi connectivity index (χ1v) is 8.91. The number of amides is 1. The Morgan fingerprint density at radius 1 is 1.22 bits per heavy atom. The van der Waals surface area contributed by atoms with Crippen LogP contribution in [-0.4, -0.2) is 63.4 Å². The van der Waals surface area contributed by atoms with Crippen LogP contribution in [0.5, 0.6) is 0 Å². The number of morpholine rings is 1. The van der Waals surface area contributed by atoms with E-state index in [1.807, 2.05) is 32.4 Å². The molecule has 1 aliphatic rings. The van der Waals surface area contributed by atoms with E-state index in [1.165, 1.54) is 0 Å². The molecular formula is C19H22N6O2. The molecule has 0 aliphatic carbocycles. The Morgan fingerprint density at radius 2 is 2.11 bits per heavy atom. The number of fused-ring (bicyclic) bond motifs is 1. The summed E-state index contributed by atoms with van der Waals surface area (Å²) in [6.07, 6.45) is 7.45. The summed E-state index contributed by atoms with van der Waals surface area (Å²) in [5, 5.41) is 7.97. The maximum absolute atomic E-state index is 12.3. The number of nitrogens with zero attached hydrogens (tertiary/aromatic N) is 5. The van der Waals surface area contributed by atoms with Crippen molar-refractivity contribution in [2.24, 2.45) is 7.05 Å². The van der Waals surface area contributed by atoms with Crippen LogP contribution in [0.2, 0.25) is 0 Å². The molecule has 0 saturated carbocycles. The van der Waals surface area contributed by atoms with Gasteiger partial charge in [-0.05, 0) is 19.2 Å². The Balaban J connectivity index is 1.49. The number of hydrogen-bond acceptors (Lipinski definition) is 6. The first-order chi connectivity index (χ1) is 13.1. The molecule has 1 aliphatic heterocycles. The fourth-order valence-electron chi connectivity index (χ4n) is 3.22. The number of nitrogens with one attached hydrogen (secondary N) is 1. The predicted octanol–water partition coefficient (Wildman–Crippen LogP) is 1.69. The van der Waals surface area contributed by atoms with Crippen molar-refractivity contribution in [1.82, 2.24) is 24.6 Å². The molecule has 27 heavy (non-hydrogen) atoms. The molecule has 4 rings (SSSR count). The Bertz CT molecular complexity index is 970. The number of aryl methyl sites for hydroxylation is 1. The van der Waals surface area contributed by atoms with E-state index in [-0.39, 0.29) is 12.0 Å². The highest BCUT2D eigenvalue weighted by molar-refractivity contribution is 5.93. The molecule has 1 unspecified atom stereocenters. The molecule has 4 heterocycles. The monoisotopic (exact) mass is 366 g/mol. The van der Waals surface area contributed by atoms with Crippen molar-refractivity contribution in [3.05, 3.63) is 36.9 Å². The Hall–Kier alpha value is -2.84. The quantitative estimate of drug-likeness (QED) is 0.756. The van der Waals surface area contributed by atoms with Crippen LogP contribution >= 0.6 is 0 Å². The highest BCUT2D eigenvalue weighted by Gasteiger charge is 2.21. The van der Waals surface area contributed by atoms with E-state index < -0.39 is 0 Å². The first kappa shape index (κ1) is 17.6. The molecule has 0 spiro atoms. The van der Waals surface area contributed by atoms with Gasteiger partial charge in [0, 0.05) is 49.0 Å². The summed E-state index contributed by atoms with van der Waals surface area (Å²) >= 11 is 0. The van der Waals surface area contributed by atoms with Gasteiger partial charge >= 0.3 is 0 Å². The van der Waals surface area contributed by atoms with Crippen molar-refractivity contribution in [1.29, 1.82) is 0 Å². The number of carbonyl (C=O) groups is 1. The van der Waals surface area contributed by atoms with Crippen LogP contribution in [0.3, 0.4) is 0 Å². The van der Waals surface area contributed by atoms with Crippen molar-refractivity contribution < 1.29 is 9.53 Å². The largest absolute Gasteiger partial charge is 0.375 e. The smallest absolute Gasteiger partial charge is 0.228 e. The summed E-state index contributed by atoms with van der Waals surface area (Å²) in [6, 6.07) is 3.86. The third-order valence-electron chi connectivity index (χ3n) is 4.63. The maximum Gasteiger partial charge on any atom is 0.228 e. The molecule has 0 bridgehead atoms. The third kappa shape index (κ3) is 4.12.